The smallest absolute Gasteiger partial charge is 0.346 e. The van der Waals surface area contributed by atoms with Crippen LogP contribution < -0.4 is 10.2 Å². The zero-order valence-corrected chi connectivity index (χ0v) is 14.5. The second-order valence-corrected chi connectivity index (χ2v) is 7.28. The maximum absolute atomic E-state index is 13.3. The van der Waals surface area contributed by atoms with Gasteiger partial charge >= 0.3 is 6.18 Å². The number of nitrogens with zero attached hydrogens (tertiary/aromatic N) is 3. The van der Waals surface area contributed by atoms with Gasteiger partial charge in [0, 0.05) is 23.8 Å². The Kier molecular flexibility index (Phi) is 3.49. The number of aromatic amines is 1. The summed E-state index contributed by atoms with van der Waals surface area (Å²) < 4.78 is 40.0. The van der Waals surface area contributed by atoms with Gasteiger partial charge in [-0.25, -0.2) is 9.97 Å². The fraction of sp³-hybridized carbons (Fsp3) is 0.368. The van der Waals surface area contributed by atoms with Crippen LogP contribution in [0, 0.1) is 0 Å². The van der Waals surface area contributed by atoms with E-state index in [1.807, 2.05) is 6.07 Å². The number of piperidine rings is 1. The van der Waals surface area contributed by atoms with E-state index >= 15 is 0 Å². The number of hydrogen-bond donors (Lipinski definition) is 2. The maximum Gasteiger partial charge on any atom is 0.416 e. The molecule has 2 N–H and O–H groups in total. The van der Waals surface area contributed by atoms with Crippen LogP contribution >= 0.6 is 0 Å². The molecule has 4 heterocycles. The Morgan fingerprint density at radius 3 is 2.67 bits per heavy atom. The second kappa shape index (κ2) is 5.69. The lowest BCUT2D eigenvalue weighted by Gasteiger charge is -2.35. The number of nitrogens with one attached hydrogen (secondary N) is 2. The molecule has 0 aliphatic carbocycles. The number of hydrogen-bond acceptors (Lipinski definition) is 4. The predicted octanol–water partition coefficient (Wildman–Crippen LogP) is 3.75. The van der Waals surface area contributed by atoms with Crippen LogP contribution in [0.15, 0.2) is 36.8 Å². The first kappa shape index (κ1) is 16.6. The molecule has 3 aromatic rings. The minimum atomic E-state index is -4.35. The molecule has 0 bridgehead atoms. The Morgan fingerprint density at radius 1 is 1.07 bits per heavy atom. The van der Waals surface area contributed by atoms with Crippen LogP contribution in [0.2, 0.25) is 0 Å². The lowest BCUT2D eigenvalue weighted by atomic mass is 9.74. The first-order valence-electron chi connectivity index (χ1n) is 8.96. The number of benzene rings is 1. The summed E-state index contributed by atoms with van der Waals surface area (Å²) in [4.78, 5) is 13.8. The third kappa shape index (κ3) is 2.50. The van der Waals surface area contributed by atoms with E-state index in [1.54, 1.807) is 12.3 Å². The van der Waals surface area contributed by atoms with Crippen LogP contribution in [-0.4, -0.2) is 34.6 Å². The van der Waals surface area contributed by atoms with Gasteiger partial charge in [-0.2, -0.15) is 13.2 Å². The quantitative estimate of drug-likeness (QED) is 0.682. The van der Waals surface area contributed by atoms with Crippen LogP contribution in [-0.2, 0) is 11.6 Å². The average molecular weight is 373 g/mol. The van der Waals surface area contributed by atoms with Crippen molar-refractivity contribution in [3.05, 3.63) is 47.9 Å². The summed E-state index contributed by atoms with van der Waals surface area (Å²) in [6.45, 7) is 2.22. The lowest BCUT2D eigenvalue weighted by molar-refractivity contribution is -0.137. The Bertz CT molecular complexity index is 1000. The third-order valence-corrected chi connectivity index (χ3v) is 5.80. The molecule has 0 radical (unpaired) electrons. The molecule has 0 amide bonds. The van der Waals surface area contributed by atoms with Gasteiger partial charge < -0.3 is 15.2 Å². The standard InChI is InChI=1S/C19H18F3N5/c20-19(21,22)12-1-2-15-14(9-12)18(4-7-23-8-5-18)10-27(15)17-13-3-6-24-16(13)25-11-26-17/h1-3,6,9,11,23H,4-5,7-8,10H2,(H,24,25,26). The molecule has 1 fully saturated rings. The molecular formula is C19H18F3N5. The normalized spacial score (nSPS) is 19.0. The van der Waals surface area contributed by atoms with E-state index in [4.69, 9.17) is 0 Å². The summed E-state index contributed by atoms with van der Waals surface area (Å²) in [5, 5.41) is 4.19. The summed E-state index contributed by atoms with van der Waals surface area (Å²) in [5.41, 5.74) is 1.43. The molecule has 2 aromatic heterocycles. The van der Waals surface area contributed by atoms with E-state index in [0.29, 0.717) is 6.54 Å². The van der Waals surface area contributed by atoms with Crippen molar-refractivity contribution in [1.82, 2.24) is 20.3 Å². The Balaban J connectivity index is 1.69. The molecule has 5 rings (SSSR count). The number of halogens is 3. The van der Waals surface area contributed by atoms with Gasteiger partial charge in [-0.05, 0) is 55.8 Å². The maximum atomic E-state index is 13.3. The topological polar surface area (TPSA) is 56.8 Å². The van der Waals surface area contributed by atoms with Crippen LogP contribution in [0.5, 0.6) is 0 Å². The number of alkyl halides is 3. The van der Waals surface area contributed by atoms with Gasteiger partial charge in [-0.1, -0.05) is 0 Å². The molecule has 1 aromatic carbocycles. The van der Waals surface area contributed by atoms with Crippen LogP contribution in [0.4, 0.5) is 24.7 Å². The second-order valence-electron chi connectivity index (χ2n) is 7.28. The van der Waals surface area contributed by atoms with Crippen LogP contribution in [0.3, 0.4) is 0 Å². The minimum absolute atomic E-state index is 0.296. The van der Waals surface area contributed by atoms with E-state index in [1.165, 1.54) is 18.5 Å². The third-order valence-electron chi connectivity index (χ3n) is 5.80. The summed E-state index contributed by atoms with van der Waals surface area (Å²) >= 11 is 0. The van der Waals surface area contributed by atoms with E-state index in [-0.39, 0.29) is 5.41 Å². The molecule has 1 saturated heterocycles. The molecule has 140 valence electrons. The molecule has 0 atom stereocenters. The molecule has 2 aliphatic rings. The average Bonchev–Trinajstić information content (AvgIpc) is 3.25. The highest BCUT2D eigenvalue weighted by Crippen LogP contribution is 2.50. The van der Waals surface area contributed by atoms with E-state index < -0.39 is 11.7 Å². The molecule has 0 saturated carbocycles. The van der Waals surface area contributed by atoms with Crippen molar-refractivity contribution < 1.29 is 13.2 Å². The van der Waals surface area contributed by atoms with Gasteiger partial charge in [0.25, 0.3) is 0 Å². The fourth-order valence-electron chi connectivity index (χ4n) is 4.44. The van der Waals surface area contributed by atoms with Gasteiger partial charge in [-0.3, -0.25) is 0 Å². The first-order chi connectivity index (χ1) is 13.0. The summed E-state index contributed by atoms with van der Waals surface area (Å²) in [6, 6.07) is 6.01. The van der Waals surface area contributed by atoms with Crippen molar-refractivity contribution in [3.8, 4) is 0 Å². The molecule has 5 nitrogen and oxygen atoms in total. The van der Waals surface area contributed by atoms with Crippen LogP contribution in [0.25, 0.3) is 11.0 Å². The summed E-state index contributed by atoms with van der Waals surface area (Å²) in [6.07, 6.45) is 0.552. The molecule has 8 heteroatoms. The Hall–Kier alpha value is -2.61. The highest BCUT2D eigenvalue weighted by Gasteiger charge is 2.46. The van der Waals surface area contributed by atoms with Crippen molar-refractivity contribution in [2.45, 2.75) is 24.4 Å². The van der Waals surface area contributed by atoms with Gasteiger partial charge in [-0.15, -0.1) is 0 Å². The monoisotopic (exact) mass is 373 g/mol. The fourth-order valence-corrected chi connectivity index (χ4v) is 4.44. The van der Waals surface area contributed by atoms with Crippen LogP contribution in [0.1, 0.15) is 24.0 Å². The minimum Gasteiger partial charge on any atom is -0.346 e. The predicted molar refractivity (Wildman–Crippen MR) is 96.1 cm³/mol. The Morgan fingerprint density at radius 2 is 1.89 bits per heavy atom. The SMILES string of the molecule is FC(F)(F)c1ccc2c(c1)C1(CCNCC1)CN2c1ncnc2[nH]ccc12. The van der Waals surface area contributed by atoms with E-state index in [2.05, 4.69) is 25.2 Å². The molecular weight excluding hydrogens is 355 g/mol. The van der Waals surface area contributed by atoms with Crippen molar-refractivity contribution in [3.63, 3.8) is 0 Å². The number of aromatic nitrogens is 3. The number of rotatable bonds is 1. The molecule has 0 unspecified atom stereocenters. The van der Waals surface area contributed by atoms with E-state index in [9.17, 15) is 13.2 Å². The molecule has 27 heavy (non-hydrogen) atoms. The van der Waals surface area contributed by atoms with Gasteiger partial charge in [0.05, 0.1) is 10.9 Å². The van der Waals surface area contributed by atoms with Crippen molar-refractivity contribution in [2.75, 3.05) is 24.5 Å². The first-order valence-corrected chi connectivity index (χ1v) is 8.96. The van der Waals surface area contributed by atoms with Gasteiger partial charge in [0.15, 0.2) is 0 Å². The zero-order chi connectivity index (χ0) is 18.6. The number of anilines is 2. The van der Waals surface area contributed by atoms with Crippen molar-refractivity contribution in [1.29, 1.82) is 0 Å². The summed E-state index contributed by atoms with van der Waals surface area (Å²) in [7, 11) is 0. The summed E-state index contributed by atoms with van der Waals surface area (Å²) in [5.74, 6) is 0.734. The van der Waals surface area contributed by atoms with Crippen molar-refractivity contribution >= 4 is 22.5 Å². The van der Waals surface area contributed by atoms with Gasteiger partial charge in [0.2, 0.25) is 0 Å². The molecule has 1 spiro atoms. The molecule has 2 aliphatic heterocycles. The number of H-pyrrole nitrogens is 1. The van der Waals surface area contributed by atoms with E-state index in [0.717, 1.165) is 54.0 Å². The Labute approximate surface area is 153 Å². The largest absolute Gasteiger partial charge is 0.416 e. The highest BCUT2D eigenvalue weighted by molar-refractivity contribution is 5.91. The highest BCUT2D eigenvalue weighted by atomic mass is 19.4. The lowest BCUT2D eigenvalue weighted by Crippen LogP contribution is -2.42. The van der Waals surface area contributed by atoms with Gasteiger partial charge in [0.1, 0.15) is 17.8 Å². The number of fused-ring (bicyclic) bond motifs is 3. The van der Waals surface area contributed by atoms with Crippen molar-refractivity contribution in [2.24, 2.45) is 0 Å². The zero-order valence-electron chi connectivity index (χ0n) is 14.5.